The zero-order valence-electron chi connectivity index (χ0n) is 15.5. The number of carbonyl (C=O) groups is 1. The van der Waals surface area contributed by atoms with E-state index < -0.39 is 11.6 Å². The van der Waals surface area contributed by atoms with Crippen LogP contribution in [0.2, 0.25) is 0 Å². The zero-order chi connectivity index (χ0) is 19.5. The lowest BCUT2D eigenvalue weighted by molar-refractivity contribution is -0.534. The number of hydrogen-bond donors (Lipinski definition) is 1. The van der Waals surface area contributed by atoms with Gasteiger partial charge < -0.3 is 5.32 Å². The lowest BCUT2D eigenvalue weighted by Crippen LogP contribution is -2.55. The van der Waals surface area contributed by atoms with Gasteiger partial charge in [-0.15, -0.1) is 11.8 Å². The predicted octanol–water partition coefficient (Wildman–Crippen LogP) is 3.46. The molecule has 2 saturated heterocycles. The molecule has 0 bridgehead atoms. The highest BCUT2D eigenvalue weighted by atomic mass is 32.2. The zero-order valence-corrected chi connectivity index (χ0v) is 16.3. The highest BCUT2D eigenvalue weighted by molar-refractivity contribution is 7.98. The van der Waals surface area contributed by atoms with Crippen LogP contribution >= 0.6 is 11.8 Å². The number of amides is 1. The van der Waals surface area contributed by atoms with E-state index in [1.165, 1.54) is 0 Å². The summed E-state index contributed by atoms with van der Waals surface area (Å²) in [6.45, 7) is 0.705. The molecule has 3 aliphatic heterocycles. The van der Waals surface area contributed by atoms with Gasteiger partial charge >= 0.3 is 0 Å². The summed E-state index contributed by atoms with van der Waals surface area (Å²) >= 11 is 1.65. The Hall–Kier alpha value is -2.38. The third-order valence-electron chi connectivity index (χ3n) is 6.59. The lowest BCUT2D eigenvalue weighted by atomic mass is 9.77. The third kappa shape index (κ3) is 2.17. The highest BCUT2D eigenvalue weighted by Gasteiger charge is 2.73. The number of fused-ring (bicyclic) bond motifs is 4. The van der Waals surface area contributed by atoms with E-state index in [9.17, 15) is 14.9 Å². The molecule has 0 aliphatic carbocycles. The van der Waals surface area contributed by atoms with Gasteiger partial charge in [-0.1, -0.05) is 30.3 Å². The van der Waals surface area contributed by atoms with Crippen molar-refractivity contribution in [2.45, 2.75) is 41.3 Å². The number of carbonyl (C=O) groups excluding carboxylic acids is 1. The normalized spacial score (nSPS) is 31.0. The fraction of sp³-hybridized carbons (Fsp3) is 0.381. The van der Waals surface area contributed by atoms with Crippen molar-refractivity contribution in [3.63, 3.8) is 0 Å². The number of nitrogens with zero attached hydrogens (tertiary/aromatic N) is 2. The van der Waals surface area contributed by atoms with Crippen LogP contribution < -0.4 is 5.32 Å². The van der Waals surface area contributed by atoms with Crippen molar-refractivity contribution in [2.75, 3.05) is 18.1 Å². The second-order valence-corrected chi connectivity index (χ2v) is 8.58. The van der Waals surface area contributed by atoms with E-state index in [4.69, 9.17) is 0 Å². The van der Waals surface area contributed by atoms with Crippen molar-refractivity contribution in [3.8, 4) is 0 Å². The van der Waals surface area contributed by atoms with Crippen LogP contribution in [0.15, 0.2) is 53.4 Å². The summed E-state index contributed by atoms with van der Waals surface area (Å²) in [5.41, 5.74) is 1.16. The molecule has 2 fully saturated rings. The second-order valence-electron chi connectivity index (χ2n) is 7.70. The molecule has 1 spiro atoms. The van der Waals surface area contributed by atoms with Gasteiger partial charge in [0.25, 0.3) is 11.9 Å². The molecule has 144 valence electrons. The number of benzene rings is 2. The molecule has 5 rings (SSSR count). The van der Waals surface area contributed by atoms with Gasteiger partial charge in [0.05, 0.1) is 5.92 Å². The molecule has 2 aromatic carbocycles. The molecule has 1 N–H and O–H groups in total. The molecule has 3 heterocycles. The second kappa shape index (κ2) is 6.32. The quantitative estimate of drug-likeness (QED) is 0.489. The van der Waals surface area contributed by atoms with Crippen molar-refractivity contribution in [1.82, 2.24) is 4.90 Å². The van der Waals surface area contributed by atoms with E-state index in [2.05, 4.69) is 10.2 Å². The van der Waals surface area contributed by atoms with Gasteiger partial charge in [0.2, 0.25) is 0 Å². The van der Waals surface area contributed by atoms with E-state index in [1.54, 1.807) is 11.8 Å². The van der Waals surface area contributed by atoms with Gasteiger partial charge in [-0.3, -0.25) is 19.8 Å². The number of nitrogens with one attached hydrogen (secondary N) is 1. The molecule has 2 aromatic rings. The van der Waals surface area contributed by atoms with Crippen LogP contribution in [0.1, 0.15) is 29.9 Å². The van der Waals surface area contributed by atoms with Gasteiger partial charge in [-0.25, -0.2) is 0 Å². The number of hydrogen-bond acceptors (Lipinski definition) is 5. The van der Waals surface area contributed by atoms with Gasteiger partial charge in [0, 0.05) is 33.7 Å². The molecular formula is C21H21N3O3S. The lowest BCUT2D eigenvalue weighted by Gasteiger charge is -2.32. The topological polar surface area (TPSA) is 75.5 Å². The average molecular weight is 395 g/mol. The molecule has 28 heavy (non-hydrogen) atoms. The SMILES string of the molecule is CSc1ccc([C@H]2[C@H]([N+](=O)[O-])[C@@]3(C(=O)Nc4ccccc43)N3CCC[C@@H]23)cc1. The number of rotatable bonds is 3. The Bertz CT molecular complexity index is 964. The summed E-state index contributed by atoms with van der Waals surface area (Å²) in [6.07, 6.45) is 3.83. The van der Waals surface area contributed by atoms with Crippen LogP contribution in [0, 0.1) is 10.1 Å². The molecule has 1 amide bonds. The first-order valence-corrected chi connectivity index (χ1v) is 10.8. The van der Waals surface area contributed by atoms with Crippen molar-refractivity contribution in [1.29, 1.82) is 0 Å². The van der Waals surface area contributed by atoms with Gasteiger partial charge in [0.1, 0.15) is 0 Å². The molecule has 0 saturated carbocycles. The molecule has 4 atom stereocenters. The molecule has 3 aliphatic rings. The summed E-state index contributed by atoms with van der Waals surface area (Å²) < 4.78 is 0. The Balaban J connectivity index is 1.72. The molecule has 0 unspecified atom stereocenters. The van der Waals surface area contributed by atoms with Crippen LogP contribution in [0.4, 0.5) is 5.69 Å². The Morgan fingerprint density at radius 2 is 1.96 bits per heavy atom. The van der Waals surface area contributed by atoms with E-state index in [1.807, 2.05) is 54.8 Å². The monoisotopic (exact) mass is 395 g/mol. The van der Waals surface area contributed by atoms with Crippen molar-refractivity contribution in [3.05, 3.63) is 69.8 Å². The van der Waals surface area contributed by atoms with E-state index in [0.29, 0.717) is 12.2 Å². The average Bonchev–Trinajstić information content (AvgIpc) is 3.35. The predicted molar refractivity (Wildman–Crippen MR) is 108 cm³/mol. The Morgan fingerprint density at radius 1 is 1.21 bits per heavy atom. The number of para-hydroxylation sites is 1. The maximum absolute atomic E-state index is 13.3. The van der Waals surface area contributed by atoms with Gasteiger partial charge in [0.15, 0.2) is 5.54 Å². The summed E-state index contributed by atoms with van der Waals surface area (Å²) in [6, 6.07) is 14.5. The maximum Gasteiger partial charge on any atom is 0.256 e. The first-order chi connectivity index (χ1) is 13.6. The smallest absolute Gasteiger partial charge is 0.256 e. The van der Waals surface area contributed by atoms with Crippen LogP contribution in [-0.4, -0.2) is 40.6 Å². The Kier molecular flexibility index (Phi) is 4.00. The Labute approximate surface area is 167 Å². The summed E-state index contributed by atoms with van der Waals surface area (Å²) in [5.74, 6) is -0.573. The van der Waals surface area contributed by atoms with Crippen LogP contribution in [0.25, 0.3) is 0 Å². The first-order valence-electron chi connectivity index (χ1n) is 9.54. The van der Waals surface area contributed by atoms with Crippen molar-refractivity contribution in [2.24, 2.45) is 0 Å². The fourth-order valence-electron chi connectivity index (χ4n) is 5.60. The number of anilines is 1. The third-order valence-corrected chi connectivity index (χ3v) is 7.34. The highest BCUT2D eigenvalue weighted by Crippen LogP contribution is 2.57. The molecule has 0 radical (unpaired) electrons. The van der Waals surface area contributed by atoms with E-state index in [0.717, 1.165) is 28.9 Å². The first kappa shape index (κ1) is 17.7. The van der Waals surface area contributed by atoms with Crippen LogP contribution in [0.5, 0.6) is 0 Å². The minimum absolute atomic E-state index is 0.00700. The Morgan fingerprint density at radius 3 is 2.68 bits per heavy atom. The number of thioether (sulfide) groups is 1. The van der Waals surface area contributed by atoms with Gasteiger partial charge in [-0.05, 0) is 42.9 Å². The van der Waals surface area contributed by atoms with Crippen molar-refractivity contribution >= 4 is 23.4 Å². The van der Waals surface area contributed by atoms with Crippen molar-refractivity contribution < 1.29 is 9.72 Å². The molecular weight excluding hydrogens is 374 g/mol. The standard InChI is InChI=1S/C21H21N3O3S/c1-28-14-10-8-13(9-11-14)18-17-7-4-12-23(17)21(19(18)24(26)27)15-5-2-3-6-16(15)22-20(21)25/h2-3,5-6,8-11,17-19H,4,7,12H2,1H3,(H,22,25)/t17-,18+,19-,21-/m0/s1. The van der Waals surface area contributed by atoms with E-state index in [-0.39, 0.29) is 22.8 Å². The van der Waals surface area contributed by atoms with E-state index >= 15 is 0 Å². The van der Waals surface area contributed by atoms with Crippen LogP contribution in [-0.2, 0) is 10.3 Å². The number of nitro groups is 1. The minimum Gasteiger partial charge on any atom is -0.324 e. The summed E-state index contributed by atoms with van der Waals surface area (Å²) in [5, 5.41) is 15.4. The largest absolute Gasteiger partial charge is 0.324 e. The molecule has 7 heteroatoms. The molecule has 6 nitrogen and oxygen atoms in total. The molecule has 0 aromatic heterocycles. The van der Waals surface area contributed by atoms with Gasteiger partial charge in [-0.2, -0.15) is 0 Å². The maximum atomic E-state index is 13.3. The van der Waals surface area contributed by atoms with Crippen LogP contribution in [0.3, 0.4) is 0 Å². The minimum atomic E-state index is -1.23. The summed E-state index contributed by atoms with van der Waals surface area (Å²) in [4.78, 5) is 28.8. The summed E-state index contributed by atoms with van der Waals surface area (Å²) in [7, 11) is 0. The fourth-order valence-corrected chi connectivity index (χ4v) is 6.01.